The number of rotatable bonds is 7. The van der Waals surface area contributed by atoms with Crippen LogP contribution in [-0.2, 0) is 18.4 Å². The first-order chi connectivity index (χ1) is 15.1. The van der Waals surface area contributed by atoms with Crippen molar-refractivity contribution < 1.29 is 9.53 Å². The molecule has 2 fully saturated rings. The van der Waals surface area contributed by atoms with Crippen LogP contribution in [0.3, 0.4) is 0 Å². The van der Waals surface area contributed by atoms with Crippen LogP contribution in [0.15, 0.2) is 54.6 Å². The number of amides is 1. The molecule has 0 N–H and O–H groups in total. The number of benzene rings is 2. The standard InChI is InChI=1S/C26H29N3O2/c1-18-8-6-13-22(16-18)31-26-23(24(27-28(26)2)19-9-4-3-5-10-19)17-29(21-14-15-21)25(30)20-11-7-12-20/h3-6,8-10,13,16,20-21H,7,11-12,14-15,17H2,1-2H3. The van der Waals surface area contributed by atoms with Crippen molar-refractivity contribution in [1.82, 2.24) is 14.7 Å². The molecule has 0 spiro atoms. The van der Waals surface area contributed by atoms with Crippen LogP contribution in [0, 0.1) is 12.8 Å². The lowest BCUT2D eigenvalue weighted by molar-refractivity contribution is -0.139. The summed E-state index contributed by atoms with van der Waals surface area (Å²) in [7, 11) is 1.91. The Balaban J connectivity index is 1.54. The highest BCUT2D eigenvalue weighted by molar-refractivity contribution is 5.80. The topological polar surface area (TPSA) is 47.4 Å². The highest BCUT2D eigenvalue weighted by Gasteiger charge is 2.39. The number of hydrogen-bond donors (Lipinski definition) is 0. The van der Waals surface area contributed by atoms with Crippen LogP contribution in [0.5, 0.6) is 11.6 Å². The van der Waals surface area contributed by atoms with E-state index in [2.05, 4.69) is 30.0 Å². The van der Waals surface area contributed by atoms with Crippen molar-refractivity contribution in [3.63, 3.8) is 0 Å². The van der Waals surface area contributed by atoms with Crippen LogP contribution in [0.2, 0.25) is 0 Å². The largest absolute Gasteiger partial charge is 0.439 e. The molecule has 1 amide bonds. The van der Waals surface area contributed by atoms with E-state index >= 15 is 0 Å². The number of ether oxygens (including phenoxy) is 1. The summed E-state index contributed by atoms with van der Waals surface area (Å²) in [6.45, 7) is 2.59. The van der Waals surface area contributed by atoms with Crippen molar-refractivity contribution in [2.75, 3.05) is 0 Å². The van der Waals surface area contributed by atoms with Crippen LogP contribution < -0.4 is 4.74 Å². The molecule has 2 aliphatic rings. The van der Waals surface area contributed by atoms with Crippen LogP contribution in [0.1, 0.15) is 43.2 Å². The van der Waals surface area contributed by atoms with Crippen molar-refractivity contribution in [2.24, 2.45) is 13.0 Å². The molecule has 0 saturated heterocycles. The Morgan fingerprint density at radius 1 is 1.10 bits per heavy atom. The van der Waals surface area contributed by atoms with Crippen LogP contribution in [-0.4, -0.2) is 26.6 Å². The Hall–Kier alpha value is -3.08. The molecule has 2 aromatic carbocycles. The molecule has 3 aromatic rings. The van der Waals surface area contributed by atoms with Gasteiger partial charge >= 0.3 is 0 Å². The fourth-order valence-corrected chi connectivity index (χ4v) is 4.27. The summed E-state index contributed by atoms with van der Waals surface area (Å²) in [6.07, 6.45) is 5.39. The summed E-state index contributed by atoms with van der Waals surface area (Å²) in [6, 6.07) is 18.6. The van der Waals surface area contributed by atoms with Gasteiger partial charge in [0.05, 0.1) is 12.1 Å². The molecule has 2 aliphatic carbocycles. The van der Waals surface area contributed by atoms with Crippen LogP contribution in [0.25, 0.3) is 11.3 Å². The van der Waals surface area contributed by atoms with Gasteiger partial charge in [0.1, 0.15) is 11.4 Å². The molecule has 0 unspecified atom stereocenters. The lowest BCUT2D eigenvalue weighted by atomic mass is 9.84. The molecule has 0 bridgehead atoms. The predicted molar refractivity (Wildman–Crippen MR) is 121 cm³/mol. The van der Waals surface area contributed by atoms with Gasteiger partial charge in [0.2, 0.25) is 11.8 Å². The van der Waals surface area contributed by atoms with Crippen molar-refractivity contribution in [3.8, 4) is 22.9 Å². The zero-order valence-corrected chi connectivity index (χ0v) is 18.3. The maximum absolute atomic E-state index is 13.2. The van der Waals surface area contributed by atoms with Crippen molar-refractivity contribution in [2.45, 2.75) is 51.6 Å². The van der Waals surface area contributed by atoms with Gasteiger partial charge in [-0.1, -0.05) is 48.9 Å². The van der Waals surface area contributed by atoms with E-state index in [1.165, 1.54) is 6.42 Å². The van der Waals surface area contributed by atoms with E-state index in [1.54, 1.807) is 4.68 Å². The monoisotopic (exact) mass is 415 g/mol. The van der Waals surface area contributed by atoms with E-state index in [0.717, 1.165) is 53.8 Å². The van der Waals surface area contributed by atoms with Gasteiger partial charge in [-0.05, 0) is 50.3 Å². The molecule has 31 heavy (non-hydrogen) atoms. The smallest absolute Gasteiger partial charge is 0.226 e. The second-order valence-electron chi connectivity index (χ2n) is 8.87. The molecule has 2 saturated carbocycles. The number of carbonyl (C=O) groups excluding carboxylic acids is 1. The average molecular weight is 416 g/mol. The zero-order chi connectivity index (χ0) is 21.4. The predicted octanol–water partition coefficient (Wildman–Crippen LogP) is 5.48. The summed E-state index contributed by atoms with van der Waals surface area (Å²) in [5.41, 5.74) is 4.05. The molecule has 5 nitrogen and oxygen atoms in total. The van der Waals surface area contributed by atoms with Crippen molar-refractivity contribution in [3.05, 3.63) is 65.7 Å². The minimum atomic E-state index is 0.193. The SMILES string of the molecule is Cc1cccc(Oc2c(CN(C(=O)C3CCC3)C3CC3)c(-c3ccccc3)nn2C)c1. The first-order valence-electron chi connectivity index (χ1n) is 11.3. The zero-order valence-electron chi connectivity index (χ0n) is 18.3. The molecular weight excluding hydrogens is 386 g/mol. The third-order valence-corrected chi connectivity index (χ3v) is 6.39. The summed E-state index contributed by atoms with van der Waals surface area (Å²) < 4.78 is 8.17. The van der Waals surface area contributed by atoms with Gasteiger partial charge in [-0.2, -0.15) is 5.10 Å². The molecule has 5 rings (SSSR count). The number of hydrogen-bond acceptors (Lipinski definition) is 3. The Kier molecular flexibility index (Phi) is 5.26. The summed E-state index contributed by atoms with van der Waals surface area (Å²) in [4.78, 5) is 15.3. The Morgan fingerprint density at radius 3 is 2.52 bits per heavy atom. The van der Waals surface area contributed by atoms with Gasteiger partial charge in [-0.3, -0.25) is 4.79 Å². The minimum Gasteiger partial charge on any atom is -0.439 e. The van der Waals surface area contributed by atoms with E-state index in [9.17, 15) is 4.79 Å². The summed E-state index contributed by atoms with van der Waals surface area (Å²) in [5.74, 6) is 1.99. The lowest BCUT2D eigenvalue weighted by Crippen LogP contribution is -2.40. The molecule has 0 radical (unpaired) electrons. The fourth-order valence-electron chi connectivity index (χ4n) is 4.27. The van der Waals surface area contributed by atoms with Gasteiger partial charge < -0.3 is 9.64 Å². The fraction of sp³-hybridized carbons (Fsp3) is 0.385. The molecular formula is C26H29N3O2. The average Bonchev–Trinajstić information content (AvgIpc) is 3.52. The quantitative estimate of drug-likeness (QED) is 0.513. The maximum atomic E-state index is 13.2. The van der Waals surface area contributed by atoms with Crippen LogP contribution in [0.4, 0.5) is 0 Å². The van der Waals surface area contributed by atoms with E-state index in [0.29, 0.717) is 24.4 Å². The minimum absolute atomic E-state index is 0.193. The van der Waals surface area contributed by atoms with Gasteiger partial charge in [0, 0.05) is 24.6 Å². The van der Waals surface area contributed by atoms with Gasteiger partial charge in [0.15, 0.2) is 0 Å². The number of nitrogens with zero attached hydrogens (tertiary/aromatic N) is 3. The van der Waals surface area contributed by atoms with Gasteiger partial charge in [-0.25, -0.2) is 4.68 Å². The van der Waals surface area contributed by atoms with Gasteiger partial charge in [-0.15, -0.1) is 0 Å². The van der Waals surface area contributed by atoms with E-state index in [1.807, 2.05) is 43.4 Å². The summed E-state index contributed by atoms with van der Waals surface area (Å²) in [5, 5.41) is 4.82. The van der Waals surface area contributed by atoms with E-state index in [-0.39, 0.29) is 5.92 Å². The highest BCUT2D eigenvalue weighted by atomic mass is 16.5. The van der Waals surface area contributed by atoms with E-state index in [4.69, 9.17) is 9.84 Å². The first kappa shape index (κ1) is 19.9. The summed E-state index contributed by atoms with van der Waals surface area (Å²) >= 11 is 0. The van der Waals surface area contributed by atoms with Crippen molar-refractivity contribution >= 4 is 5.91 Å². The number of aryl methyl sites for hydroxylation is 2. The van der Waals surface area contributed by atoms with Crippen molar-refractivity contribution in [1.29, 1.82) is 0 Å². The highest BCUT2D eigenvalue weighted by Crippen LogP contribution is 2.39. The first-order valence-corrected chi connectivity index (χ1v) is 11.3. The third kappa shape index (κ3) is 4.09. The Bertz CT molecular complexity index is 1080. The normalized spacial score (nSPS) is 16.1. The molecule has 0 aliphatic heterocycles. The third-order valence-electron chi connectivity index (χ3n) is 6.39. The molecule has 0 atom stereocenters. The Labute approximate surface area is 183 Å². The molecule has 1 aromatic heterocycles. The Morgan fingerprint density at radius 2 is 1.87 bits per heavy atom. The number of aromatic nitrogens is 2. The number of carbonyl (C=O) groups is 1. The lowest BCUT2D eigenvalue weighted by Gasteiger charge is -2.32. The maximum Gasteiger partial charge on any atom is 0.226 e. The molecule has 1 heterocycles. The van der Waals surface area contributed by atoms with Gasteiger partial charge in [0.25, 0.3) is 0 Å². The second kappa shape index (κ2) is 8.22. The molecule has 5 heteroatoms. The van der Waals surface area contributed by atoms with Crippen LogP contribution >= 0.6 is 0 Å². The van der Waals surface area contributed by atoms with E-state index < -0.39 is 0 Å². The molecule has 160 valence electrons. The second-order valence-corrected chi connectivity index (χ2v) is 8.87.